The normalized spacial score (nSPS) is 11.3. The molecule has 0 unspecified atom stereocenters. The molecule has 0 amide bonds. The van der Waals surface area contributed by atoms with Crippen LogP contribution in [0.2, 0.25) is 0 Å². The van der Waals surface area contributed by atoms with E-state index in [9.17, 15) is 0 Å². The molecule has 0 atom stereocenters. The summed E-state index contributed by atoms with van der Waals surface area (Å²) in [4.78, 5) is 4.32. The fourth-order valence-electron chi connectivity index (χ4n) is 0.996. The highest BCUT2D eigenvalue weighted by Gasteiger charge is 1.91. The number of rotatable bonds is 6. The Morgan fingerprint density at radius 1 is 1.64 bits per heavy atom. The highest BCUT2D eigenvalue weighted by atomic mass is 32.1. The van der Waals surface area contributed by atoms with Crippen LogP contribution in [0.4, 0.5) is 0 Å². The Morgan fingerprint density at radius 2 is 2.50 bits per heavy atom. The molecular weight excluding hydrogens is 196 g/mol. The summed E-state index contributed by atoms with van der Waals surface area (Å²) in [5.74, 6) is 0. The van der Waals surface area contributed by atoms with E-state index in [0.717, 1.165) is 30.4 Å². The van der Waals surface area contributed by atoms with Crippen LogP contribution in [0.1, 0.15) is 10.7 Å². The number of nitrogens with zero attached hydrogens (tertiary/aromatic N) is 1. The minimum absolute atomic E-state index is 0.754. The molecule has 0 aromatic carbocycles. The van der Waals surface area contributed by atoms with E-state index in [1.807, 2.05) is 13.0 Å². The number of ether oxygens (including phenoxy) is 1. The highest BCUT2D eigenvalue weighted by Crippen LogP contribution is 2.08. The molecule has 0 bridgehead atoms. The van der Waals surface area contributed by atoms with Crippen molar-refractivity contribution in [2.75, 3.05) is 26.8 Å². The fraction of sp³-hybridized carbons (Fsp3) is 0.500. The molecule has 0 saturated heterocycles. The SMILES string of the molecule is COCCNCC=Cc1csc(C)n1. The van der Waals surface area contributed by atoms with Gasteiger partial charge in [0.15, 0.2) is 0 Å². The molecule has 0 spiro atoms. The molecule has 0 fully saturated rings. The number of aromatic nitrogens is 1. The lowest BCUT2D eigenvalue weighted by atomic mass is 10.4. The molecule has 1 N–H and O–H groups in total. The summed E-state index contributed by atoms with van der Waals surface area (Å²) in [6, 6.07) is 0. The third-order valence-corrected chi connectivity index (χ3v) is 2.46. The lowest BCUT2D eigenvalue weighted by molar-refractivity contribution is 0.200. The van der Waals surface area contributed by atoms with Gasteiger partial charge in [0.25, 0.3) is 0 Å². The van der Waals surface area contributed by atoms with Gasteiger partial charge in [-0.2, -0.15) is 0 Å². The molecule has 0 radical (unpaired) electrons. The van der Waals surface area contributed by atoms with Crippen molar-refractivity contribution in [3.8, 4) is 0 Å². The monoisotopic (exact) mass is 212 g/mol. The zero-order valence-corrected chi connectivity index (χ0v) is 9.43. The molecule has 14 heavy (non-hydrogen) atoms. The molecule has 1 heterocycles. The van der Waals surface area contributed by atoms with Gasteiger partial charge in [-0.1, -0.05) is 6.08 Å². The smallest absolute Gasteiger partial charge is 0.0901 e. The van der Waals surface area contributed by atoms with Crippen molar-refractivity contribution >= 4 is 17.4 Å². The number of aryl methyl sites for hydroxylation is 1. The van der Waals surface area contributed by atoms with E-state index in [-0.39, 0.29) is 0 Å². The van der Waals surface area contributed by atoms with E-state index in [1.54, 1.807) is 18.4 Å². The quantitative estimate of drug-likeness (QED) is 0.729. The van der Waals surface area contributed by atoms with Crippen LogP contribution in [0.15, 0.2) is 11.5 Å². The fourth-order valence-corrected chi connectivity index (χ4v) is 1.58. The Bertz CT molecular complexity index is 283. The van der Waals surface area contributed by atoms with Crippen LogP contribution in [0.3, 0.4) is 0 Å². The van der Waals surface area contributed by atoms with Crippen LogP contribution in [0.5, 0.6) is 0 Å². The first-order valence-electron chi connectivity index (χ1n) is 4.61. The molecule has 0 aliphatic rings. The van der Waals surface area contributed by atoms with Crippen molar-refractivity contribution in [3.63, 3.8) is 0 Å². The van der Waals surface area contributed by atoms with Gasteiger partial charge < -0.3 is 10.1 Å². The maximum atomic E-state index is 4.91. The van der Waals surface area contributed by atoms with Crippen molar-refractivity contribution in [1.82, 2.24) is 10.3 Å². The van der Waals surface area contributed by atoms with E-state index in [4.69, 9.17) is 4.74 Å². The maximum Gasteiger partial charge on any atom is 0.0901 e. The Hall–Kier alpha value is -0.710. The van der Waals surface area contributed by atoms with Gasteiger partial charge in [-0.3, -0.25) is 0 Å². The molecule has 78 valence electrons. The second-order valence-electron chi connectivity index (χ2n) is 2.89. The molecule has 1 rings (SSSR count). The van der Waals surface area contributed by atoms with Gasteiger partial charge in [0.1, 0.15) is 0 Å². The molecule has 0 saturated carbocycles. The first-order valence-corrected chi connectivity index (χ1v) is 5.49. The van der Waals surface area contributed by atoms with Crippen LogP contribution in [0.25, 0.3) is 6.08 Å². The van der Waals surface area contributed by atoms with Crippen LogP contribution in [0, 0.1) is 6.92 Å². The lowest BCUT2D eigenvalue weighted by Crippen LogP contribution is -2.18. The number of nitrogens with one attached hydrogen (secondary N) is 1. The van der Waals surface area contributed by atoms with Crippen molar-refractivity contribution < 1.29 is 4.74 Å². The van der Waals surface area contributed by atoms with Gasteiger partial charge in [-0.15, -0.1) is 11.3 Å². The maximum absolute atomic E-state index is 4.91. The second-order valence-corrected chi connectivity index (χ2v) is 3.95. The number of methoxy groups -OCH3 is 1. The van der Waals surface area contributed by atoms with Crippen LogP contribution in [-0.4, -0.2) is 31.8 Å². The van der Waals surface area contributed by atoms with Crippen LogP contribution >= 0.6 is 11.3 Å². The zero-order chi connectivity index (χ0) is 10.2. The molecule has 0 aliphatic heterocycles. The predicted molar refractivity (Wildman–Crippen MR) is 60.6 cm³/mol. The molecule has 0 aliphatic carbocycles. The Kier molecular flexibility index (Phi) is 5.44. The summed E-state index contributed by atoms with van der Waals surface area (Å²) in [6.45, 7) is 4.51. The van der Waals surface area contributed by atoms with E-state index >= 15 is 0 Å². The minimum Gasteiger partial charge on any atom is -0.383 e. The average molecular weight is 212 g/mol. The summed E-state index contributed by atoms with van der Waals surface area (Å²) in [5, 5.41) is 6.39. The first-order chi connectivity index (χ1) is 6.83. The molecule has 4 heteroatoms. The van der Waals surface area contributed by atoms with Gasteiger partial charge in [0, 0.05) is 25.6 Å². The Labute approximate surface area is 88.8 Å². The third-order valence-electron chi connectivity index (χ3n) is 1.67. The topological polar surface area (TPSA) is 34.1 Å². The largest absolute Gasteiger partial charge is 0.383 e. The second kappa shape index (κ2) is 6.70. The average Bonchev–Trinajstić information content (AvgIpc) is 2.58. The van der Waals surface area contributed by atoms with Crippen molar-refractivity contribution in [1.29, 1.82) is 0 Å². The van der Waals surface area contributed by atoms with Crippen molar-refractivity contribution in [2.24, 2.45) is 0 Å². The van der Waals surface area contributed by atoms with E-state index in [0.29, 0.717) is 0 Å². The lowest BCUT2D eigenvalue weighted by Gasteiger charge is -1.98. The standard InChI is InChI=1S/C10H16N2OS/c1-9-12-10(8-14-9)4-3-5-11-6-7-13-2/h3-4,8,11H,5-7H2,1-2H3. The van der Waals surface area contributed by atoms with Gasteiger partial charge >= 0.3 is 0 Å². The number of thiazole rings is 1. The van der Waals surface area contributed by atoms with E-state index in [2.05, 4.69) is 21.8 Å². The highest BCUT2D eigenvalue weighted by molar-refractivity contribution is 7.09. The molecule has 1 aromatic heterocycles. The summed E-state index contributed by atoms with van der Waals surface area (Å²) in [6.07, 6.45) is 4.10. The molecular formula is C10H16N2OS. The number of hydrogen-bond acceptors (Lipinski definition) is 4. The molecule has 3 nitrogen and oxygen atoms in total. The van der Waals surface area contributed by atoms with Gasteiger partial charge in [0.05, 0.1) is 17.3 Å². The zero-order valence-electron chi connectivity index (χ0n) is 8.62. The van der Waals surface area contributed by atoms with E-state index < -0.39 is 0 Å². The molecule has 1 aromatic rings. The summed E-state index contributed by atoms with van der Waals surface area (Å²) in [5.41, 5.74) is 1.04. The number of hydrogen-bond donors (Lipinski definition) is 1. The third kappa shape index (κ3) is 4.50. The van der Waals surface area contributed by atoms with Crippen molar-refractivity contribution in [3.05, 3.63) is 22.2 Å². The van der Waals surface area contributed by atoms with Gasteiger partial charge in [-0.25, -0.2) is 4.98 Å². The minimum atomic E-state index is 0.754. The predicted octanol–water partition coefficient (Wildman–Crippen LogP) is 1.70. The van der Waals surface area contributed by atoms with Gasteiger partial charge in [-0.05, 0) is 13.0 Å². The van der Waals surface area contributed by atoms with Crippen LogP contribution in [-0.2, 0) is 4.74 Å². The first kappa shape index (κ1) is 11.4. The Morgan fingerprint density at radius 3 is 3.14 bits per heavy atom. The van der Waals surface area contributed by atoms with E-state index in [1.165, 1.54) is 0 Å². The summed E-state index contributed by atoms with van der Waals surface area (Å²) in [7, 11) is 1.70. The Balaban J connectivity index is 2.15. The van der Waals surface area contributed by atoms with Gasteiger partial charge in [0.2, 0.25) is 0 Å². The van der Waals surface area contributed by atoms with Crippen LogP contribution < -0.4 is 5.32 Å². The summed E-state index contributed by atoms with van der Waals surface area (Å²) >= 11 is 1.67. The van der Waals surface area contributed by atoms with Crippen molar-refractivity contribution in [2.45, 2.75) is 6.92 Å². The summed E-state index contributed by atoms with van der Waals surface area (Å²) < 4.78 is 4.91.